The van der Waals surface area contributed by atoms with E-state index >= 15 is 0 Å². The number of para-hydroxylation sites is 1. The van der Waals surface area contributed by atoms with Crippen LogP contribution in [0.25, 0.3) is 0 Å². The van der Waals surface area contributed by atoms with E-state index in [9.17, 15) is 13.2 Å². The highest BCUT2D eigenvalue weighted by molar-refractivity contribution is 7.92. The number of rotatable bonds is 6. The number of nitrogens with one attached hydrogen (secondary N) is 1. The lowest BCUT2D eigenvalue weighted by Gasteiger charge is -2.22. The Hall–Kier alpha value is -3.12. The Morgan fingerprint density at radius 2 is 1.58 bits per heavy atom. The molecular weight excluding hydrogens is 408 g/mol. The molecule has 1 N–H and O–H groups in total. The molecule has 3 aromatic rings. The third-order valence-electron chi connectivity index (χ3n) is 5.59. The van der Waals surface area contributed by atoms with E-state index in [4.69, 9.17) is 0 Å². The highest BCUT2D eigenvalue weighted by Gasteiger charge is 2.23. The number of hydrogen-bond donors (Lipinski definition) is 1. The van der Waals surface area contributed by atoms with Crippen molar-refractivity contribution in [3.8, 4) is 0 Å². The second kappa shape index (κ2) is 8.94. The molecule has 162 valence electrons. The molecule has 0 spiro atoms. The SMILES string of the molecule is Cc1ccc([C@@H](C)NC(=O)c2cccc(S(=O)(=O)N(C)c3ccccc3C)c2)cc1C. The lowest BCUT2D eigenvalue weighted by atomic mass is 10.0. The number of nitrogens with zero attached hydrogens (tertiary/aromatic N) is 1. The standard InChI is InChI=1S/C25H28N2O3S/c1-17-13-14-21(15-19(17)3)20(4)26-25(28)22-10-8-11-23(16-22)31(29,30)27(5)24-12-7-6-9-18(24)2/h6-16,20H,1-5H3,(H,26,28)/t20-/m1/s1. The van der Waals surface area contributed by atoms with Crippen LogP contribution in [-0.2, 0) is 10.0 Å². The third-order valence-corrected chi connectivity index (χ3v) is 7.36. The minimum absolute atomic E-state index is 0.0738. The fourth-order valence-corrected chi connectivity index (χ4v) is 4.71. The molecule has 6 heteroatoms. The quantitative estimate of drug-likeness (QED) is 0.596. The molecule has 0 saturated heterocycles. The van der Waals surface area contributed by atoms with Crippen molar-refractivity contribution in [1.82, 2.24) is 5.32 Å². The molecule has 1 atom stereocenters. The maximum absolute atomic E-state index is 13.2. The minimum Gasteiger partial charge on any atom is -0.346 e. The van der Waals surface area contributed by atoms with E-state index in [2.05, 4.69) is 11.4 Å². The van der Waals surface area contributed by atoms with Crippen LogP contribution >= 0.6 is 0 Å². The van der Waals surface area contributed by atoms with Gasteiger partial charge in [-0.15, -0.1) is 0 Å². The normalized spacial score (nSPS) is 12.3. The third kappa shape index (κ3) is 4.80. The van der Waals surface area contributed by atoms with Crippen molar-refractivity contribution in [2.24, 2.45) is 0 Å². The first-order chi connectivity index (χ1) is 14.6. The smallest absolute Gasteiger partial charge is 0.264 e. The molecule has 3 aromatic carbocycles. The maximum Gasteiger partial charge on any atom is 0.264 e. The van der Waals surface area contributed by atoms with Gasteiger partial charge in [0.25, 0.3) is 15.9 Å². The predicted molar refractivity (Wildman–Crippen MR) is 125 cm³/mol. The number of amides is 1. The van der Waals surface area contributed by atoms with E-state index in [0.29, 0.717) is 11.3 Å². The van der Waals surface area contributed by atoms with Gasteiger partial charge in [0.1, 0.15) is 0 Å². The Morgan fingerprint density at radius 3 is 2.26 bits per heavy atom. The second-order valence-electron chi connectivity index (χ2n) is 7.83. The second-order valence-corrected chi connectivity index (χ2v) is 9.79. The van der Waals surface area contributed by atoms with Crippen LogP contribution in [0.2, 0.25) is 0 Å². The highest BCUT2D eigenvalue weighted by Crippen LogP contribution is 2.25. The van der Waals surface area contributed by atoms with Crippen LogP contribution < -0.4 is 9.62 Å². The number of benzene rings is 3. The Labute approximate surface area is 184 Å². The van der Waals surface area contributed by atoms with Crippen LogP contribution in [-0.4, -0.2) is 21.4 Å². The Bertz CT molecular complexity index is 1220. The van der Waals surface area contributed by atoms with E-state index in [1.165, 1.54) is 29.0 Å². The monoisotopic (exact) mass is 436 g/mol. The summed E-state index contributed by atoms with van der Waals surface area (Å²) in [5.41, 5.74) is 5.10. The van der Waals surface area contributed by atoms with Gasteiger partial charge in [-0.25, -0.2) is 8.42 Å². The van der Waals surface area contributed by atoms with Crippen molar-refractivity contribution in [3.05, 3.63) is 94.5 Å². The number of anilines is 1. The van der Waals surface area contributed by atoms with Crippen LogP contribution in [0.4, 0.5) is 5.69 Å². The van der Waals surface area contributed by atoms with Crippen molar-refractivity contribution < 1.29 is 13.2 Å². The number of carbonyl (C=O) groups is 1. The Kier molecular flexibility index (Phi) is 6.51. The van der Waals surface area contributed by atoms with Gasteiger partial charge in [0, 0.05) is 12.6 Å². The predicted octanol–water partition coefficient (Wildman–Crippen LogP) is 4.93. The fraction of sp³-hybridized carbons (Fsp3) is 0.240. The molecule has 0 heterocycles. The zero-order chi connectivity index (χ0) is 22.8. The van der Waals surface area contributed by atoms with Gasteiger partial charge in [-0.3, -0.25) is 9.10 Å². The van der Waals surface area contributed by atoms with Crippen LogP contribution in [0.15, 0.2) is 71.6 Å². The van der Waals surface area contributed by atoms with Crippen molar-refractivity contribution in [2.75, 3.05) is 11.4 Å². The first-order valence-electron chi connectivity index (χ1n) is 10.1. The average Bonchev–Trinajstić information content (AvgIpc) is 2.75. The van der Waals surface area contributed by atoms with Gasteiger partial charge in [-0.1, -0.05) is 42.5 Å². The van der Waals surface area contributed by atoms with E-state index in [0.717, 1.165) is 16.7 Å². The summed E-state index contributed by atoms with van der Waals surface area (Å²) in [6, 6.07) is 19.3. The number of carbonyl (C=O) groups excluding carboxylic acids is 1. The number of aryl methyl sites for hydroxylation is 3. The van der Waals surface area contributed by atoms with Crippen molar-refractivity contribution >= 4 is 21.6 Å². The summed E-state index contributed by atoms with van der Waals surface area (Å²) >= 11 is 0. The zero-order valence-corrected chi connectivity index (χ0v) is 19.3. The van der Waals surface area contributed by atoms with E-state index in [-0.39, 0.29) is 16.8 Å². The maximum atomic E-state index is 13.2. The van der Waals surface area contributed by atoms with Crippen LogP contribution in [0.3, 0.4) is 0 Å². The summed E-state index contributed by atoms with van der Waals surface area (Å²) in [6.07, 6.45) is 0. The molecule has 0 unspecified atom stereocenters. The lowest BCUT2D eigenvalue weighted by molar-refractivity contribution is 0.0939. The van der Waals surface area contributed by atoms with Crippen molar-refractivity contribution in [3.63, 3.8) is 0 Å². The summed E-state index contributed by atoms with van der Waals surface area (Å²) in [6.45, 7) is 7.85. The number of hydrogen-bond acceptors (Lipinski definition) is 3. The Balaban J connectivity index is 1.84. The lowest BCUT2D eigenvalue weighted by Crippen LogP contribution is -2.29. The first kappa shape index (κ1) is 22.6. The summed E-state index contributed by atoms with van der Waals surface area (Å²) in [7, 11) is -2.29. The van der Waals surface area contributed by atoms with E-state index < -0.39 is 10.0 Å². The molecule has 0 saturated carbocycles. The molecule has 0 radical (unpaired) electrons. The molecule has 1 amide bonds. The van der Waals surface area contributed by atoms with Gasteiger partial charge in [0.2, 0.25) is 0 Å². The summed E-state index contributed by atoms with van der Waals surface area (Å²) in [5, 5.41) is 2.96. The average molecular weight is 437 g/mol. The van der Waals surface area contributed by atoms with E-state index in [1.807, 2.05) is 52.0 Å². The molecule has 0 aliphatic rings. The van der Waals surface area contributed by atoms with Crippen molar-refractivity contribution in [1.29, 1.82) is 0 Å². The fourth-order valence-electron chi connectivity index (χ4n) is 3.40. The zero-order valence-electron chi connectivity index (χ0n) is 18.5. The topological polar surface area (TPSA) is 66.5 Å². The molecule has 0 bridgehead atoms. The van der Waals surface area contributed by atoms with Gasteiger partial charge >= 0.3 is 0 Å². The molecule has 0 aromatic heterocycles. The summed E-state index contributed by atoms with van der Waals surface area (Å²) in [4.78, 5) is 12.9. The van der Waals surface area contributed by atoms with Crippen LogP contribution in [0.1, 0.15) is 45.6 Å². The Morgan fingerprint density at radius 1 is 0.871 bits per heavy atom. The minimum atomic E-state index is -3.81. The molecule has 0 fully saturated rings. The molecule has 31 heavy (non-hydrogen) atoms. The summed E-state index contributed by atoms with van der Waals surface area (Å²) < 4.78 is 27.6. The van der Waals surface area contributed by atoms with Gasteiger partial charge < -0.3 is 5.32 Å². The molecule has 3 rings (SSSR count). The summed E-state index contributed by atoms with van der Waals surface area (Å²) in [5.74, 6) is -0.318. The van der Waals surface area contributed by atoms with Gasteiger partial charge in [0.15, 0.2) is 0 Å². The highest BCUT2D eigenvalue weighted by atomic mass is 32.2. The van der Waals surface area contributed by atoms with Gasteiger partial charge in [-0.2, -0.15) is 0 Å². The van der Waals surface area contributed by atoms with Crippen LogP contribution in [0.5, 0.6) is 0 Å². The molecule has 5 nitrogen and oxygen atoms in total. The first-order valence-corrected chi connectivity index (χ1v) is 11.6. The largest absolute Gasteiger partial charge is 0.346 e. The number of sulfonamides is 1. The van der Waals surface area contributed by atoms with Gasteiger partial charge in [-0.05, 0) is 74.2 Å². The van der Waals surface area contributed by atoms with E-state index in [1.54, 1.807) is 24.3 Å². The van der Waals surface area contributed by atoms with Crippen LogP contribution in [0, 0.1) is 20.8 Å². The molecule has 0 aliphatic heterocycles. The van der Waals surface area contributed by atoms with Crippen molar-refractivity contribution in [2.45, 2.75) is 38.6 Å². The molecular formula is C25H28N2O3S. The van der Waals surface area contributed by atoms with Gasteiger partial charge in [0.05, 0.1) is 16.6 Å². The molecule has 0 aliphatic carbocycles.